The van der Waals surface area contributed by atoms with Crippen LogP contribution in [-0.2, 0) is 6.42 Å². The van der Waals surface area contributed by atoms with Crippen molar-refractivity contribution in [2.24, 2.45) is 0 Å². The van der Waals surface area contributed by atoms with Gasteiger partial charge < -0.3 is 5.32 Å². The van der Waals surface area contributed by atoms with E-state index in [1.165, 1.54) is 0 Å². The van der Waals surface area contributed by atoms with Crippen LogP contribution in [0.4, 0.5) is 5.82 Å². The average Bonchev–Trinajstić information content (AvgIpc) is 2.27. The molecule has 1 atom stereocenters. The number of terminal acetylenes is 1. The van der Waals surface area contributed by atoms with E-state index in [0.717, 1.165) is 24.5 Å². The second-order valence-corrected chi connectivity index (χ2v) is 3.89. The number of halogens is 1. The van der Waals surface area contributed by atoms with E-state index >= 15 is 0 Å². The molecule has 0 radical (unpaired) electrons. The highest BCUT2D eigenvalue weighted by atomic mass is 35.5. The van der Waals surface area contributed by atoms with E-state index in [4.69, 9.17) is 18.0 Å². The van der Waals surface area contributed by atoms with Gasteiger partial charge in [-0.2, -0.15) is 0 Å². The van der Waals surface area contributed by atoms with Crippen molar-refractivity contribution in [1.29, 1.82) is 0 Å². The average molecular weight is 238 g/mol. The third kappa shape index (κ3) is 3.71. The smallest absolute Gasteiger partial charge is 0.134 e. The molecule has 0 bridgehead atoms. The van der Waals surface area contributed by atoms with Crippen molar-refractivity contribution >= 4 is 17.4 Å². The van der Waals surface area contributed by atoms with Crippen LogP contribution in [0.25, 0.3) is 0 Å². The van der Waals surface area contributed by atoms with Crippen LogP contribution >= 0.6 is 11.6 Å². The number of rotatable bonds is 5. The number of hydrogen-bond acceptors (Lipinski definition) is 3. The highest BCUT2D eigenvalue weighted by Crippen LogP contribution is 2.14. The minimum absolute atomic E-state index is 0.237. The monoisotopic (exact) mass is 237 g/mol. The molecular formula is C12H16ClN3. The Hall–Kier alpha value is -1.27. The molecule has 0 aromatic carbocycles. The highest BCUT2D eigenvalue weighted by molar-refractivity contribution is 6.29. The number of aromatic nitrogens is 2. The highest BCUT2D eigenvalue weighted by Gasteiger charge is 2.07. The zero-order valence-electron chi connectivity index (χ0n) is 9.63. The first-order chi connectivity index (χ1) is 7.69. The van der Waals surface area contributed by atoms with Gasteiger partial charge in [0.1, 0.15) is 16.8 Å². The zero-order chi connectivity index (χ0) is 12.0. The van der Waals surface area contributed by atoms with Crippen molar-refractivity contribution in [3.63, 3.8) is 0 Å². The quantitative estimate of drug-likeness (QED) is 0.632. The lowest BCUT2D eigenvalue weighted by molar-refractivity contribution is 0.709. The van der Waals surface area contributed by atoms with Gasteiger partial charge in [0, 0.05) is 24.9 Å². The summed E-state index contributed by atoms with van der Waals surface area (Å²) in [6.07, 6.45) is 7.69. The Morgan fingerprint density at radius 1 is 1.50 bits per heavy atom. The Bertz CT molecular complexity index is 384. The minimum atomic E-state index is 0.237. The van der Waals surface area contributed by atoms with Gasteiger partial charge >= 0.3 is 0 Å². The van der Waals surface area contributed by atoms with E-state index in [9.17, 15) is 0 Å². The van der Waals surface area contributed by atoms with Gasteiger partial charge in [-0.1, -0.05) is 25.4 Å². The summed E-state index contributed by atoms with van der Waals surface area (Å²) >= 11 is 5.90. The molecule has 1 rings (SSSR count). The summed E-state index contributed by atoms with van der Waals surface area (Å²) < 4.78 is 0. The van der Waals surface area contributed by atoms with Crippen molar-refractivity contribution in [2.75, 3.05) is 5.32 Å². The molecule has 4 heteroatoms. The van der Waals surface area contributed by atoms with Crippen molar-refractivity contribution in [3.8, 4) is 12.3 Å². The molecule has 1 aromatic rings. The molecule has 1 N–H and O–H groups in total. The fourth-order valence-electron chi connectivity index (χ4n) is 1.35. The predicted octanol–water partition coefficient (Wildman–Crippen LogP) is 2.91. The van der Waals surface area contributed by atoms with Crippen LogP contribution in [0.15, 0.2) is 6.07 Å². The largest absolute Gasteiger partial charge is 0.366 e. The number of nitrogens with one attached hydrogen (secondary N) is 1. The number of nitrogens with zero attached hydrogens (tertiary/aromatic N) is 2. The lowest BCUT2D eigenvalue weighted by atomic mass is 10.1. The van der Waals surface area contributed by atoms with E-state index in [1.807, 2.05) is 6.92 Å². The van der Waals surface area contributed by atoms with E-state index in [2.05, 4.69) is 28.1 Å². The molecule has 0 aliphatic rings. The fourth-order valence-corrected chi connectivity index (χ4v) is 1.55. The molecule has 3 nitrogen and oxygen atoms in total. The molecule has 16 heavy (non-hydrogen) atoms. The van der Waals surface area contributed by atoms with Crippen molar-refractivity contribution in [2.45, 2.75) is 39.2 Å². The van der Waals surface area contributed by atoms with Gasteiger partial charge in [-0.3, -0.25) is 0 Å². The molecule has 86 valence electrons. The van der Waals surface area contributed by atoms with Crippen molar-refractivity contribution < 1.29 is 0 Å². The van der Waals surface area contributed by atoms with Crippen molar-refractivity contribution in [1.82, 2.24) is 9.97 Å². The molecule has 0 saturated heterocycles. The Labute approximate surface area is 102 Å². The summed E-state index contributed by atoms with van der Waals surface area (Å²) in [4.78, 5) is 8.45. The Morgan fingerprint density at radius 2 is 2.25 bits per heavy atom. The van der Waals surface area contributed by atoms with Crippen LogP contribution in [0, 0.1) is 12.3 Å². The summed E-state index contributed by atoms with van der Waals surface area (Å²) in [6.45, 7) is 4.08. The Balaban J connectivity index is 2.79. The molecule has 1 unspecified atom stereocenters. The molecule has 0 aliphatic carbocycles. The minimum Gasteiger partial charge on any atom is -0.366 e. The van der Waals surface area contributed by atoms with Gasteiger partial charge in [0.2, 0.25) is 0 Å². The predicted molar refractivity (Wildman–Crippen MR) is 67.6 cm³/mol. The van der Waals surface area contributed by atoms with Crippen LogP contribution in [-0.4, -0.2) is 16.0 Å². The van der Waals surface area contributed by atoms with Crippen LogP contribution < -0.4 is 5.32 Å². The normalized spacial score (nSPS) is 11.9. The van der Waals surface area contributed by atoms with E-state index in [1.54, 1.807) is 6.07 Å². The number of aryl methyl sites for hydroxylation is 1. The standard InChI is InChI=1S/C12H16ClN3/c1-4-7-9(5-2)14-12-8-10(13)15-11(6-3)16-12/h1,8-9H,5-7H2,2-3H3,(H,14,15,16). The molecule has 0 amide bonds. The maximum absolute atomic E-state index is 5.90. The second-order valence-electron chi connectivity index (χ2n) is 3.50. The zero-order valence-corrected chi connectivity index (χ0v) is 10.4. The maximum atomic E-state index is 5.90. The lowest BCUT2D eigenvalue weighted by Crippen LogP contribution is -2.19. The third-order valence-electron chi connectivity index (χ3n) is 2.27. The molecule has 0 fully saturated rings. The van der Waals surface area contributed by atoms with Crippen LogP contribution in [0.1, 0.15) is 32.5 Å². The topological polar surface area (TPSA) is 37.8 Å². The Kier molecular flexibility index (Phi) is 5.07. The molecule has 1 heterocycles. The Morgan fingerprint density at radius 3 is 2.81 bits per heavy atom. The van der Waals surface area contributed by atoms with Crippen molar-refractivity contribution in [3.05, 3.63) is 17.0 Å². The summed E-state index contributed by atoms with van der Waals surface area (Å²) in [5, 5.41) is 3.73. The lowest BCUT2D eigenvalue weighted by Gasteiger charge is -2.15. The van der Waals surface area contributed by atoms with Crippen LogP contribution in [0.3, 0.4) is 0 Å². The summed E-state index contributed by atoms with van der Waals surface area (Å²) in [6, 6.07) is 1.96. The van der Waals surface area contributed by atoms with Gasteiger partial charge in [0.25, 0.3) is 0 Å². The van der Waals surface area contributed by atoms with Gasteiger partial charge in [-0.25, -0.2) is 9.97 Å². The fraction of sp³-hybridized carbons (Fsp3) is 0.500. The first kappa shape index (κ1) is 12.8. The van der Waals surface area contributed by atoms with Gasteiger partial charge in [-0.15, -0.1) is 12.3 Å². The van der Waals surface area contributed by atoms with Gasteiger partial charge in [-0.05, 0) is 6.42 Å². The van der Waals surface area contributed by atoms with E-state index in [-0.39, 0.29) is 6.04 Å². The molecular weight excluding hydrogens is 222 g/mol. The maximum Gasteiger partial charge on any atom is 0.134 e. The molecule has 1 aromatic heterocycles. The van der Waals surface area contributed by atoms with Gasteiger partial charge in [0.15, 0.2) is 0 Å². The number of anilines is 1. The summed E-state index contributed by atoms with van der Waals surface area (Å²) in [7, 11) is 0. The van der Waals surface area contributed by atoms with Crippen LogP contribution in [0.5, 0.6) is 0 Å². The third-order valence-corrected chi connectivity index (χ3v) is 2.46. The van der Waals surface area contributed by atoms with E-state index in [0.29, 0.717) is 11.6 Å². The van der Waals surface area contributed by atoms with Gasteiger partial charge in [0.05, 0.1) is 0 Å². The SMILES string of the molecule is C#CCC(CC)Nc1cc(Cl)nc(CC)n1. The summed E-state index contributed by atoms with van der Waals surface area (Å²) in [5.74, 6) is 4.13. The molecule has 0 aliphatic heterocycles. The summed E-state index contributed by atoms with van der Waals surface area (Å²) in [5.41, 5.74) is 0. The first-order valence-electron chi connectivity index (χ1n) is 5.43. The second kappa shape index (κ2) is 6.34. The van der Waals surface area contributed by atoms with E-state index < -0.39 is 0 Å². The first-order valence-corrected chi connectivity index (χ1v) is 5.80. The molecule has 0 saturated carbocycles. The van der Waals surface area contributed by atoms with Crippen LogP contribution in [0.2, 0.25) is 5.15 Å². The number of hydrogen-bond donors (Lipinski definition) is 1. The molecule has 0 spiro atoms.